The van der Waals surface area contributed by atoms with E-state index in [1.165, 1.54) is 6.26 Å². The van der Waals surface area contributed by atoms with Gasteiger partial charge in [0.25, 0.3) is 5.89 Å². The van der Waals surface area contributed by atoms with Crippen molar-refractivity contribution in [1.29, 1.82) is 5.26 Å². The fourth-order valence-corrected chi connectivity index (χ4v) is 3.94. The summed E-state index contributed by atoms with van der Waals surface area (Å²) in [6, 6.07) is 18.6. The summed E-state index contributed by atoms with van der Waals surface area (Å²) in [7, 11) is 0. The molecule has 1 aliphatic heterocycles. The Balaban J connectivity index is 1.21. The molecule has 8 nitrogen and oxygen atoms in total. The Bertz CT molecular complexity index is 1420. The van der Waals surface area contributed by atoms with E-state index in [2.05, 4.69) is 33.2 Å². The fraction of sp³-hybridized carbons (Fsp3) is 0.185. The van der Waals surface area contributed by atoms with Crippen LogP contribution >= 0.6 is 0 Å². The Hall–Kier alpha value is -4.82. The van der Waals surface area contributed by atoms with Gasteiger partial charge in [-0.3, -0.25) is 4.79 Å². The SMILES string of the molecule is N#Cc1nc(-c2ccco2)oc1N1CCC(C(=O)Nc2cccc(C#Cc3ccccn3)c2)CC1. The molecule has 0 saturated carbocycles. The van der Waals surface area contributed by atoms with Crippen LogP contribution in [0, 0.1) is 29.1 Å². The summed E-state index contributed by atoms with van der Waals surface area (Å²) in [4.78, 5) is 23.3. The van der Waals surface area contributed by atoms with Gasteiger partial charge in [0.2, 0.25) is 17.5 Å². The van der Waals surface area contributed by atoms with E-state index in [9.17, 15) is 10.1 Å². The third-order valence-electron chi connectivity index (χ3n) is 5.73. The van der Waals surface area contributed by atoms with Crippen LogP contribution in [0.15, 0.2) is 75.9 Å². The number of hydrogen-bond donors (Lipinski definition) is 1. The number of pyridine rings is 1. The number of benzene rings is 1. The Morgan fingerprint density at radius 3 is 2.71 bits per heavy atom. The van der Waals surface area contributed by atoms with Gasteiger partial charge < -0.3 is 19.1 Å². The molecule has 1 saturated heterocycles. The predicted octanol–water partition coefficient (Wildman–Crippen LogP) is 4.46. The third kappa shape index (κ3) is 5.07. The summed E-state index contributed by atoms with van der Waals surface area (Å²) in [6.07, 6.45) is 4.49. The van der Waals surface area contributed by atoms with Crippen molar-refractivity contribution in [2.24, 2.45) is 5.92 Å². The minimum Gasteiger partial charge on any atom is -0.459 e. The lowest BCUT2D eigenvalue weighted by Crippen LogP contribution is -2.38. The van der Waals surface area contributed by atoms with E-state index in [-0.39, 0.29) is 23.4 Å². The number of piperidine rings is 1. The average molecular weight is 463 g/mol. The molecule has 0 bridgehead atoms. The first kappa shape index (κ1) is 22.0. The van der Waals surface area contributed by atoms with Crippen molar-refractivity contribution in [1.82, 2.24) is 9.97 Å². The molecule has 5 rings (SSSR count). The minimum atomic E-state index is -0.146. The summed E-state index contributed by atoms with van der Waals surface area (Å²) in [5.74, 6) is 7.08. The monoisotopic (exact) mass is 463 g/mol. The molecule has 35 heavy (non-hydrogen) atoms. The predicted molar refractivity (Wildman–Crippen MR) is 129 cm³/mol. The van der Waals surface area contributed by atoms with Crippen LogP contribution in [-0.4, -0.2) is 29.0 Å². The summed E-state index contributed by atoms with van der Waals surface area (Å²) in [5, 5.41) is 12.5. The van der Waals surface area contributed by atoms with Crippen LogP contribution in [0.3, 0.4) is 0 Å². The molecule has 1 amide bonds. The number of hydrogen-bond acceptors (Lipinski definition) is 7. The highest BCUT2D eigenvalue weighted by Crippen LogP contribution is 2.31. The van der Waals surface area contributed by atoms with Crippen LogP contribution in [0.5, 0.6) is 0 Å². The first-order valence-corrected chi connectivity index (χ1v) is 11.2. The smallest absolute Gasteiger partial charge is 0.266 e. The zero-order valence-electron chi connectivity index (χ0n) is 18.8. The van der Waals surface area contributed by atoms with Gasteiger partial charge in [-0.05, 0) is 61.2 Å². The molecule has 8 heteroatoms. The fourth-order valence-electron chi connectivity index (χ4n) is 3.94. The van der Waals surface area contributed by atoms with Crippen LogP contribution < -0.4 is 10.2 Å². The molecular formula is C27H21N5O3. The maximum Gasteiger partial charge on any atom is 0.266 e. The molecule has 4 heterocycles. The highest BCUT2D eigenvalue weighted by Gasteiger charge is 2.29. The number of nitrogens with zero attached hydrogens (tertiary/aromatic N) is 4. The van der Waals surface area contributed by atoms with E-state index in [1.807, 2.05) is 47.4 Å². The standard InChI is InChI=1S/C27H21N5O3/c28-18-23-27(35-26(31-23)24-8-4-16-34-24)32-14-11-20(12-15-32)25(33)30-22-7-3-5-19(17-22)9-10-21-6-1-2-13-29-21/h1-8,13,16-17,20H,11-12,14-15H2,(H,30,33). The molecule has 0 radical (unpaired) electrons. The van der Waals surface area contributed by atoms with E-state index in [1.54, 1.807) is 18.3 Å². The number of rotatable bonds is 4. The first-order valence-electron chi connectivity index (χ1n) is 11.2. The Morgan fingerprint density at radius 1 is 1.09 bits per heavy atom. The number of anilines is 2. The number of oxazole rings is 1. The van der Waals surface area contributed by atoms with Gasteiger partial charge in [0.05, 0.1) is 6.26 Å². The topological polar surface area (TPSA) is 108 Å². The number of amides is 1. The molecule has 1 aliphatic rings. The molecule has 3 aromatic heterocycles. The Morgan fingerprint density at radius 2 is 1.97 bits per heavy atom. The van der Waals surface area contributed by atoms with Gasteiger partial charge in [0.15, 0.2) is 5.76 Å². The lowest BCUT2D eigenvalue weighted by molar-refractivity contribution is -0.120. The first-order chi connectivity index (χ1) is 17.2. The second-order valence-electron chi connectivity index (χ2n) is 8.06. The molecule has 0 unspecified atom stereocenters. The Kier molecular flexibility index (Phi) is 6.27. The molecule has 1 aromatic carbocycles. The van der Waals surface area contributed by atoms with Gasteiger partial charge >= 0.3 is 0 Å². The van der Waals surface area contributed by atoms with Crippen molar-refractivity contribution in [2.45, 2.75) is 12.8 Å². The largest absolute Gasteiger partial charge is 0.459 e. The number of nitriles is 1. The second-order valence-corrected chi connectivity index (χ2v) is 8.06. The van der Waals surface area contributed by atoms with Crippen LogP contribution in [0.2, 0.25) is 0 Å². The van der Waals surface area contributed by atoms with Gasteiger partial charge in [0, 0.05) is 36.5 Å². The molecule has 4 aromatic rings. The van der Waals surface area contributed by atoms with Crippen LogP contribution in [0.1, 0.15) is 29.8 Å². The van der Waals surface area contributed by atoms with E-state index >= 15 is 0 Å². The molecule has 1 N–H and O–H groups in total. The van der Waals surface area contributed by atoms with Gasteiger partial charge in [-0.15, -0.1) is 0 Å². The van der Waals surface area contributed by atoms with Gasteiger partial charge in [0.1, 0.15) is 11.8 Å². The highest BCUT2D eigenvalue weighted by atomic mass is 16.4. The summed E-state index contributed by atoms with van der Waals surface area (Å²) in [5.41, 5.74) is 2.40. The van der Waals surface area contributed by atoms with E-state index in [4.69, 9.17) is 8.83 Å². The van der Waals surface area contributed by atoms with Crippen molar-refractivity contribution >= 4 is 17.5 Å². The molecule has 0 aliphatic carbocycles. The van der Waals surface area contributed by atoms with E-state index in [0.29, 0.717) is 49.0 Å². The van der Waals surface area contributed by atoms with Gasteiger partial charge in [-0.1, -0.05) is 18.1 Å². The van der Waals surface area contributed by atoms with Crippen molar-refractivity contribution in [3.8, 4) is 29.6 Å². The number of carbonyl (C=O) groups excluding carboxylic acids is 1. The van der Waals surface area contributed by atoms with Crippen molar-refractivity contribution in [3.63, 3.8) is 0 Å². The average Bonchev–Trinajstić information content (AvgIpc) is 3.59. The zero-order chi connectivity index (χ0) is 24.0. The van der Waals surface area contributed by atoms with Crippen LogP contribution in [0.25, 0.3) is 11.7 Å². The minimum absolute atomic E-state index is 0.0335. The molecule has 0 atom stereocenters. The van der Waals surface area contributed by atoms with E-state index < -0.39 is 0 Å². The normalized spacial score (nSPS) is 13.5. The van der Waals surface area contributed by atoms with Gasteiger partial charge in [-0.25, -0.2) is 4.98 Å². The summed E-state index contributed by atoms with van der Waals surface area (Å²) < 4.78 is 11.2. The number of aromatic nitrogens is 2. The van der Waals surface area contributed by atoms with E-state index in [0.717, 1.165) is 5.56 Å². The van der Waals surface area contributed by atoms with Crippen molar-refractivity contribution in [2.75, 3.05) is 23.3 Å². The lowest BCUT2D eigenvalue weighted by atomic mass is 9.95. The number of furan rings is 1. The summed E-state index contributed by atoms with van der Waals surface area (Å²) in [6.45, 7) is 1.16. The van der Waals surface area contributed by atoms with Crippen LogP contribution in [0.4, 0.5) is 11.6 Å². The third-order valence-corrected chi connectivity index (χ3v) is 5.73. The molecule has 0 spiro atoms. The van der Waals surface area contributed by atoms with Crippen molar-refractivity contribution in [3.05, 3.63) is 84.0 Å². The zero-order valence-corrected chi connectivity index (χ0v) is 18.8. The van der Waals surface area contributed by atoms with Crippen molar-refractivity contribution < 1.29 is 13.6 Å². The number of nitrogens with one attached hydrogen (secondary N) is 1. The maximum absolute atomic E-state index is 12.9. The lowest BCUT2D eigenvalue weighted by Gasteiger charge is -2.30. The van der Waals surface area contributed by atoms with Crippen LogP contribution in [-0.2, 0) is 4.79 Å². The highest BCUT2D eigenvalue weighted by molar-refractivity contribution is 5.92. The Labute approximate surface area is 202 Å². The van der Waals surface area contributed by atoms with Gasteiger partial charge in [-0.2, -0.15) is 10.2 Å². The molecule has 172 valence electrons. The molecular weight excluding hydrogens is 442 g/mol. The summed E-state index contributed by atoms with van der Waals surface area (Å²) >= 11 is 0. The second kappa shape index (κ2) is 9.98. The quantitative estimate of drug-likeness (QED) is 0.445. The maximum atomic E-state index is 12.9. The molecule has 1 fully saturated rings. The number of carbonyl (C=O) groups is 1.